The number of hydrogen-bond acceptors (Lipinski definition) is 5. The molecule has 2 heterocycles. The second-order valence-corrected chi connectivity index (χ2v) is 5.46. The van der Waals surface area contributed by atoms with Crippen LogP contribution in [0.3, 0.4) is 0 Å². The standard InChI is InChI=1S/C15H13F4N3O3/c16-11-6-8(12-21-14(25-22-12)15(17,18)19)3-4-10(11)13(23)20-7-9-2-1-5-24-9/h3-4,6,9H,1-2,5,7H2,(H,20,23). The number of amides is 1. The van der Waals surface area contributed by atoms with Crippen LogP contribution < -0.4 is 5.32 Å². The quantitative estimate of drug-likeness (QED) is 0.850. The van der Waals surface area contributed by atoms with Crippen molar-refractivity contribution in [2.45, 2.75) is 25.1 Å². The molecule has 0 saturated carbocycles. The fraction of sp³-hybridized carbons (Fsp3) is 0.400. The maximum atomic E-state index is 14.1. The highest BCUT2D eigenvalue weighted by Crippen LogP contribution is 2.29. The van der Waals surface area contributed by atoms with Crippen LogP contribution in [0.1, 0.15) is 29.1 Å². The maximum absolute atomic E-state index is 14.1. The Morgan fingerprint density at radius 1 is 1.36 bits per heavy atom. The second-order valence-electron chi connectivity index (χ2n) is 5.46. The highest BCUT2D eigenvalue weighted by atomic mass is 19.4. The zero-order valence-electron chi connectivity index (χ0n) is 12.8. The number of benzene rings is 1. The second kappa shape index (κ2) is 6.79. The summed E-state index contributed by atoms with van der Waals surface area (Å²) in [5.74, 6) is -3.48. The number of aromatic nitrogens is 2. The molecule has 1 aromatic heterocycles. The molecule has 6 nitrogen and oxygen atoms in total. The fourth-order valence-corrected chi connectivity index (χ4v) is 2.40. The van der Waals surface area contributed by atoms with Gasteiger partial charge >= 0.3 is 12.1 Å². The van der Waals surface area contributed by atoms with Gasteiger partial charge in [-0.1, -0.05) is 11.2 Å². The number of alkyl halides is 3. The molecule has 1 aromatic carbocycles. The van der Waals surface area contributed by atoms with E-state index in [0.29, 0.717) is 6.61 Å². The first-order valence-corrected chi connectivity index (χ1v) is 7.45. The van der Waals surface area contributed by atoms with E-state index in [1.165, 1.54) is 6.07 Å². The number of nitrogens with zero attached hydrogens (tertiary/aromatic N) is 2. The molecule has 1 N–H and O–H groups in total. The van der Waals surface area contributed by atoms with Crippen LogP contribution >= 0.6 is 0 Å². The van der Waals surface area contributed by atoms with Crippen molar-refractivity contribution in [3.63, 3.8) is 0 Å². The normalized spacial score (nSPS) is 17.7. The van der Waals surface area contributed by atoms with E-state index in [-0.39, 0.29) is 23.8 Å². The Labute approximate surface area is 139 Å². The molecule has 0 bridgehead atoms. The van der Waals surface area contributed by atoms with E-state index in [4.69, 9.17) is 4.74 Å². The van der Waals surface area contributed by atoms with E-state index in [9.17, 15) is 22.4 Å². The number of nitrogens with one attached hydrogen (secondary N) is 1. The lowest BCUT2D eigenvalue weighted by Crippen LogP contribution is -2.32. The lowest BCUT2D eigenvalue weighted by Gasteiger charge is -2.11. The lowest BCUT2D eigenvalue weighted by atomic mass is 10.1. The van der Waals surface area contributed by atoms with Crippen LogP contribution in [0.4, 0.5) is 17.6 Å². The monoisotopic (exact) mass is 359 g/mol. The summed E-state index contributed by atoms with van der Waals surface area (Å²) in [6.45, 7) is 0.897. The molecule has 1 unspecified atom stereocenters. The first kappa shape index (κ1) is 17.3. The minimum atomic E-state index is -4.79. The zero-order valence-corrected chi connectivity index (χ0v) is 12.8. The highest BCUT2D eigenvalue weighted by Gasteiger charge is 2.38. The third kappa shape index (κ3) is 3.95. The van der Waals surface area contributed by atoms with Gasteiger partial charge in [0, 0.05) is 18.7 Å². The molecule has 10 heteroatoms. The van der Waals surface area contributed by atoms with Crippen LogP contribution in [-0.4, -0.2) is 35.3 Å². The number of carbonyl (C=O) groups excluding carboxylic acids is 1. The molecule has 1 aliphatic rings. The number of carbonyl (C=O) groups is 1. The third-order valence-electron chi connectivity index (χ3n) is 3.65. The Morgan fingerprint density at radius 3 is 2.76 bits per heavy atom. The molecule has 0 aliphatic carbocycles. The minimum absolute atomic E-state index is 0.0348. The summed E-state index contributed by atoms with van der Waals surface area (Å²) in [5, 5.41) is 5.73. The van der Waals surface area contributed by atoms with Gasteiger partial charge in [0.15, 0.2) is 0 Å². The molecule has 25 heavy (non-hydrogen) atoms. The average Bonchev–Trinajstić information content (AvgIpc) is 3.23. The third-order valence-corrected chi connectivity index (χ3v) is 3.65. The molecule has 0 spiro atoms. The number of halogens is 4. The van der Waals surface area contributed by atoms with Crippen LogP contribution in [-0.2, 0) is 10.9 Å². The fourth-order valence-electron chi connectivity index (χ4n) is 2.40. The first-order chi connectivity index (χ1) is 11.8. The maximum Gasteiger partial charge on any atom is 0.471 e. The Morgan fingerprint density at radius 2 is 2.16 bits per heavy atom. The Balaban J connectivity index is 1.71. The van der Waals surface area contributed by atoms with Crippen LogP contribution in [0, 0.1) is 5.82 Å². The van der Waals surface area contributed by atoms with Crippen molar-refractivity contribution in [3.05, 3.63) is 35.5 Å². The van der Waals surface area contributed by atoms with Crippen molar-refractivity contribution in [2.24, 2.45) is 0 Å². The van der Waals surface area contributed by atoms with Crippen LogP contribution in [0.2, 0.25) is 0 Å². The molecule has 1 aliphatic heterocycles. The van der Waals surface area contributed by atoms with E-state index in [2.05, 4.69) is 20.0 Å². The van der Waals surface area contributed by atoms with Crippen molar-refractivity contribution in [1.29, 1.82) is 0 Å². The minimum Gasteiger partial charge on any atom is -0.376 e. The number of ether oxygens (including phenoxy) is 1. The molecular formula is C15H13F4N3O3. The topological polar surface area (TPSA) is 77.2 Å². The smallest absolute Gasteiger partial charge is 0.376 e. The molecular weight excluding hydrogens is 346 g/mol. The van der Waals surface area contributed by atoms with Gasteiger partial charge in [-0.25, -0.2) is 4.39 Å². The molecule has 1 saturated heterocycles. The average molecular weight is 359 g/mol. The molecule has 134 valence electrons. The van der Waals surface area contributed by atoms with E-state index < -0.39 is 29.6 Å². The predicted molar refractivity (Wildman–Crippen MR) is 76.0 cm³/mol. The van der Waals surface area contributed by atoms with Crippen LogP contribution in [0.15, 0.2) is 22.7 Å². The molecule has 2 aromatic rings. The summed E-state index contributed by atoms with van der Waals surface area (Å²) in [6, 6.07) is 3.28. The van der Waals surface area contributed by atoms with Crippen molar-refractivity contribution < 1.29 is 31.6 Å². The molecule has 1 amide bonds. The van der Waals surface area contributed by atoms with E-state index in [1.54, 1.807) is 0 Å². The van der Waals surface area contributed by atoms with E-state index in [1.807, 2.05) is 0 Å². The van der Waals surface area contributed by atoms with Gasteiger partial charge in [-0.05, 0) is 25.0 Å². The van der Waals surface area contributed by atoms with Gasteiger partial charge < -0.3 is 14.6 Å². The van der Waals surface area contributed by atoms with Gasteiger partial charge in [-0.2, -0.15) is 18.2 Å². The summed E-state index contributed by atoms with van der Waals surface area (Å²) in [5.41, 5.74) is -0.270. The highest BCUT2D eigenvalue weighted by molar-refractivity contribution is 5.94. The molecule has 0 radical (unpaired) electrons. The van der Waals surface area contributed by atoms with Gasteiger partial charge in [0.2, 0.25) is 5.82 Å². The summed E-state index contributed by atoms with van der Waals surface area (Å²) >= 11 is 0. The van der Waals surface area contributed by atoms with Gasteiger partial charge in [-0.3, -0.25) is 4.79 Å². The number of rotatable bonds is 4. The van der Waals surface area contributed by atoms with Crippen molar-refractivity contribution in [2.75, 3.05) is 13.2 Å². The molecule has 1 fully saturated rings. The van der Waals surface area contributed by atoms with Crippen molar-refractivity contribution in [1.82, 2.24) is 15.5 Å². The Hall–Kier alpha value is -2.49. The summed E-state index contributed by atoms with van der Waals surface area (Å²) < 4.78 is 60.9. The van der Waals surface area contributed by atoms with Gasteiger partial charge in [0.05, 0.1) is 11.7 Å². The molecule has 3 rings (SSSR count). The van der Waals surface area contributed by atoms with Gasteiger partial charge in [0.1, 0.15) is 5.82 Å². The van der Waals surface area contributed by atoms with Gasteiger partial charge in [0.25, 0.3) is 5.91 Å². The van der Waals surface area contributed by atoms with Gasteiger partial charge in [-0.15, -0.1) is 0 Å². The van der Waals surface area contributed by atoms with Crippen molar-refractivity contribution >= 4 is 5.91 Å². The molecule has 1 atom stereocenters. The predicted octanol–water partition coefficient (Wildman–Crippen LogP) is 2.80. The SMILES string of the molecule is O=C(NCC1CCCO1)c1ccc(-c2noc(C(F)(F)F)n2)cc1F. The van der Waals surface area contributed by atoms with Crippen LogP contribution in [0.5, 0.6) is 0 Å². The largest absolute Gasteiger partial charge is 0.471 e. The van der Waals surface area contributed by atoms with Crippen LogP contribution in [0.25, 0.3) is 11.4 Å². The summed E-state index contributed by atoms with van der Waals surface area (Å²) in [6.07, 6.45) is -3.15. The Bertz CT molecular complexity index is 770. The summed E-state index contributed by atoms with van der Waals surface area (Å²) in [7, 11) is 0. The zero-order chi connectivity index (χ0) is 18.0. The first-order valence-electron chi connectivity index (χ1n) is 7.45. The lowest BCUT2D eigenvalue weighted by molar-refractivity contribution is -0.159. The Kier molecular flexibility index (Phi) is 4.71. The number of hydrogen-bond donors (Lipinski definition) is 1. The summed E-state index contributed by atoms with van der Waals surface area (Å²) in [4.78, 5) is 15.2. The van der Waals surface area contributed by atoms with Crippen molar-refractivity contribution in [3.8, 4) is 11.4 Å². The van der Waals surface area contributed by atoms with E-state index >= 15 is 0 Å². The van der Waals surface area contributed by atoms with E-state index in [0.717, 1.165) is 25.0 Å².